The van der Waals surface area contributed by atoms with Gasteiger partial charge in [0.1, 0.15) is 11.9 Å². The summed E-state index contributed by atoms with van der Waals surface area (Å²) in [5.41, 5.74) is 0.458. The number of carbonyl (C=O) groups is 2. The SMILES string of the molecule is CC(c1ccc(Cl)cc1)N1C(=O)c2cc(F)cc(C#N)c2C1=O. The van der Waals surface area contributed by atoms with Crippen molar-refractivity contribution in [3.05, 3.63) is 69.5 Å². The first-order valence-corrected chi connectivity index (χ1v) is 7.19. The molecule has 1 heterocycles. The molecule has 1 atom stereocenters. The summed E-state index contributed by atoms with van der Waals surface area (Å²) in [6.45, 7) is 1.69. The topological polar surface area (TPSA) is 61.2 Å². The summed E-state index contributed by atoms with van der Waals surface area (Å²) in [5.74, 6) is -1.92. The average Bonchev–Trinajstić information content (AvgIpc) is 2.78. The van der Waals surface area contributed by atoms with E-state index in [2.05, 4.69) is 0 Å². The Balaban J connectivity index is 2.07. The summed E-state index contributed by atoms with van der Waals surface area (Å²) in [4.78, 5) is 26.1. The van der Waals surface area contributed by atoms with Gasteiger partial charge >= 0.3 is 0 Å². The first-order valence-electron chi connectivity index (χ1n) is 6.81. The number of rotatable bonds is 2. The van der Waals surface area contributed by atoms with Gasteiger partial charge in [0.25, 0.3) is 11.8 Å². The third-order valence-electron chi connectivity index (χ3n) is 3.85. The lowest BCUT2D eigenvalue weighted by Gasteiger charge is -2.22. The molecule has 0 radical (unpaired) electrons. The Kier molecular flexibility index (Phi) is 3.63. The minimum absolute atomic E-state index is 0.0419. The van der Waals surface area contributed by atoms with Crippen molar-refractivity contribution in [2.45, 2.75) is 13.0 Å². The van der Waals surface area contributed by atoms with Gasteiger partial charge in [0.2, 0.25) is 0 Å². The standard InChI is InChI=1S/C17H10ClFN2O2/c1-9(10-2-4-12(18)5-3-10)21-16(22)14-7-13(19)6-11(8-20)15(14)17(21)23/h2-7,9H,1H3. The van der Waals surface area contributed by atoms with E-state index in [9.17, 15) is 14.0 Å². The molecule has 114 valence electrons. The number of hydrogen-bond acceptors (Lipinski definition) is 3. The molecule has 23 heavy (non-hydrogen) atoms. The largest absolute Gasteiger partial charge is 0.269 e. The maximum absolute atomic E-state index is 13.6. The van der Waals surface area contributed by atoms with Gasteiger partial charge in [-0.3, -0.25) is 14.5 Å². The fourth-order valence-electron chi connectivity index (χ4n) is 2.68. The van der Waals surface area contributed by atoms with Gasteiger partial charge in [-0.15, -0.1) is 0 Å². The van der Waals surface area contributed by atoms with Crippen LogP contribution in [0.25, 0.3) is 0 Å². The van der Waals surface area contributed by atoms with Crippen LogP contribution in [-0.4, -0.2) is 16.7 Å². The van der Waals surface area contributed by atoms with Crippen LogP contribution in [0, 0.1) is 17.1 Å². The number of halogens is 2. The molecule has 1 aliphatic rings. The van der Waals surface area contributed by atoms with Crippen molar-refractivity contribution in [1.29, 1.82) is 5.26 Å². The highest BCUT2D eigenvalue weighted by Gasteiger charge is 2.41. The van der Waals surface area contributed by atoms with Crippen LogP contribution in [0.5, 0.6) is 0 Å². The van der Waals surface area contributed by atoms with E-state index in [0.717, 1.165) is 17.0 Å². The molecule has 4 nitrogen and oxygen atoms in total. The van der Waals surface area contributed by atoms with E-state index in [-0.39, 0.29) is 16.7 Å². The predicted molar refractivity (Wildman–Crippen MR) is 81.5 cm³/mol. The number of benzene rings is 2. The fourth-order valence-corrected chi connectivity index (χ4v) is 2.80. The maximum Gasteiger partial charge on any atom is 0.263 e. The van der Waals surface area contributed by atoms with E-state index in [0.29, 0.717) is 10.6 Å². The molecule has 2 aromatic carbocycles. The summed E-state index contributed by atoms with van der Waals surface area (Å²) in [6, 6.07) is 9.90. The van der Waals surface area contributed by atoms with Crippen molar-refractivity contribution >= 4 is 23.4 Å². The molecule has 2 aromatic rings. The van der Waals surface area contributed by atoms with E-state index in [1.54, 1.807) is 37.3 Å². The van der Waals surface area contributed by atoms with Gasteiger partial charge < -0.3 is 0 Å². The molecule has 0 saturated carbocycles. The second kappa shape index (κ2) is 5.49. The van der Waals surface area contributed by atoms with Crippen molar-refractivity contribution in [1.82, 2.24) is 4.90 Å². The highest BCUT2D eigenvalue weighted by Crippen LogP contribution is 2.33. The molecule has 0 aromatic heterocycles. The third-order valence-corrected chi connectivity index (χ3v) is 4.10. The Hall–Kier alpha value is -2.71. The lowest BCUT2D eigenvalue weighted by Crippen LogP contribution is -2.32. The van der Waals surface area contributed by atoms with E-state index in [4.69, 9.17) is 16.9 Å². The van der Waals surface area contributed by atoms with E-state index < -0.39 is 23.7 Å². The van der Waals surface area contributed by atoms with E-state index in [1.165, 1.54) is 0 Å². The molecule has 1 aliphatic heterocycles. The Morgan fingerprint density at radius 1 is 1.17 bits per heavy atom. The summed E-state index contributed by atoms with van der Waals surface area (Å²) in [5, 5.41) is 9.63. The summed E-state index contributed by atoms with van der Waals surface area (Å²) >= 11 is 5.84. The quantitative estimate of drug-likeness (QED) is 0.789. The summed E-state index contributed by atoms with van der Waals surface area (Å²) < 4.78 is 13.6. The minimum Gasteiger partial charge on any atom is -0.269 e. The van der Waals surface area contributed by atoms with Gasteiger partial charge in [0.15, 0.2) is 0 Å². The van der Waals surface area contributed by atoms with Gasteiger partial charge in [-0.1, -0.05) is 23.7 Å². The highest BCUT2D eigenvalue weighted by atomic mass is 35.5. The number of nitrogens with zero attached hydrogens (tertiary/aromatic N) is 2. The minimum atomic E-state index is -0.720. The van der Waals surface area contributed by atoms with Gasteiger partial charge in [0.05, 0.1) is 22.7 Å². The molecule has 3 rings (SSSR count). The molecule has 6 heteroatoms. The van der Waals surface area contributed by atoms with Crippen LogP contribution in [0.15, 0.2) is 36.4 Å². The third kappa shape index (κ3) is 2.37. The second-order valence-corrected chi connectivity index (χ2v) is 5.63. The lowest BCUT2D eigenvalue weighted by atomic mass is 10.0. The normalized spacial score (nSPS) is 14.6. The van der Waals surface area contributed by atoms with Crippen molar-refractivity contribution in [3.8, 4) is 6.07 Å². The summed E-state index contributed by atoms with van der Waals surface area (Å²) in [7, 11) is 0. The van der Waals surface area contributed by atoms with Crippen LogP contribution in [0.3, 0.4) is 0 Å². The van der Waals surface area contributed by atoms with Crippen LogP contribution < -0.4 is 0 Å². The van der Waals surface area contributed by atoms with E-state index in [1.807, 2.05) is 0 Å². The highest BCUT2D eigenvalue weighted by molar-refractivity contribution is 6.30. The number of hydrogen-bond donors (Lipinski definition) is 0. The number of amides is 2. The summed E-state index contributed by atoms with van der Waals surface area (Å²) in [6.07, 6.45) is 0. The van der Waals surface area contributed by atoms with Crippen LogP contribution in [0.1, 0.15) is 44.8 Å². The Bertz CT molecular complexity index is 871. The number of imide groups is 1. The fraction of sp³-hybridized carbons (Fsp3) is 0.118. The molecular weight excluding hydrogens is 319 g/mol. The molecule has 1 unspecified atom stereocenters. The Labute approximate surface area is 136 Å². The Morgan fingerprint density at radius 3 is 2.43 bits per heavy atom. The van der Waals surface area contributed by atoms with E-state index >= 15 is 0 Å². The van der Waals surface area contributed by atoms with Crippen molar-refractivity contribution in [2.75, 3.05) is 0 Å². The number of fused-ring (bicyclic) bond motifs is 1. The number of carbonyl (C=O) groups excluding carboxylic acids is 2. The molecule has 0 bridgehead atoms. The van der Waals surface area contributed by atoms with Crippen LogP contribution in [-0.2, 0) is 0 Å². The van der Waals surface area contributed by atoms with Crippen molar-refractivity contribution < 1.29 is 14.0 Å². The molecule has 0 spiro atoms. The van der Waals surface area contributed by atoms with Gasteiger partial charge in [-0.2, -0.15) is 5.26 Å². The molecule has 0 aliphatic carbocycles. The molecular formula is C17H10ClFN2O2. The van der Waals surface area contributed by atoms with Gasteiger partial charge in [-0.25, -0.2) is 4.39 Å². The zero-order valence-corrected chi connectivity index (χ0v) is 12.8. The molecule has 2 amide bonds. The molecule has 0 saturated heterocycles. The van der Waals surface area contributed by atoms with Crippen molar-refractivity contribution in [2.24, 2.45) is 0 Å². The van der Waals surface area contributed by atoms with Crippen LogP contribution in [0.4, 0.5) is 4.39 Å². The zero-order valence-electron chi connectivity index (χ0n) is 12.0. The van der Waals surface area contributed by atoms with Crippen LogP contribution >= 0.6 is 11.6 Å². The van der Waals surface area contributed by atoms with Crippen LogP contribution in [0.2, 0.25) is 5.02 Å². The molecule has 0 fully saturated rings. The Morgan fingerprint density at radius 2 is 1.83 bits per heavy atom. The second-order valence-electron chi connectivity index (χ2n) is 5.20. The number of nitriles is 1. The zero-order chi connectivity index (χ0) is 16.7. The predicted octanol–water partition coefficient (Wildman–Crippen LogP) is 3.71. The first-order chi connectivity index (χ1) is 10.9. The van der Waals surface area contributed by atoms with Gasteiger partial charge in [-0.05, 0) is 36.8 Å². The maximum atomic E-state index is 13.6. The van der Waals surface area contributed by atoms with Crippen molar-refractivity contribution in [3.63, 3.8) is 0 Å². The smallest absolute Gasteiger partial charge is 0.263 e. The first kappa shape index (κ1) is 15.2. The molecule has 0 N–H and O–H groups in total. The monoisotopic (exact) mass is 328 g/mol. The van der Waals surface area contributed by atoms with Gasteiger partial charge in [0, 0.05) is 5.02 Å². The average molecular weight is 329 g/mol. The lowest BCUT2D eigenvalue weighted by molar-refractivity contribution is 0.0595.